The molecule has 0 bridgehead atoms. The molecule has 5 nitrogen and oxygen atoms in total. The molecule has 0 radical (unpaired) electrons. The van der Waals surface area contributed by atoms with E-state index in [1.807, 2.05) is 19.9 Å². The Morgan fingerprint density at radius 3 is 2.41 bits per heavy atom. The molecule has 0 saturated heterocycles. The summed E-state index contributed by atoms with van der Waals surface area (Å²) >= 11 is 17.3. The topological polar surface area (TPSA) is 51.1 Å². The number of anilines is 1. The van der Waals surface area contributed by atoms with Gasteiger partial charge < -0.3 is 14.4 Å². The highest BCUT2D eigenvalue weighted by molar-refractivity contribution is 6.76. The largest absolute Gasteiger partial charge is 0.451 e. The zero-order chi connectivity index (χ0) is 16.8. The Bertz CT molecular complexity index is 540. The van der Waals surface area contributed by atoms with Crippen LogP contribution in [0.5, 0.6) is 5.75 Å². The number of ether oxygens (including phenoxy) is 2. The second-order valence-electron chi connectivity index (χ2n) is 4.16. The van der Waals surface area contributed by atoms with E-state index in [1.54, 1.807) is 18.2 Å². The van der Waals surface area contributed by atoms with Gasteiger partial charge in [0, 0.05) is 24.8 Å². The van der Waals surface area contributed by atoms with E-state index in [9.17, 15) is 4.79 Å². The summed E-state index contributed by atoms with van der Waals surface area (Å²) < 4.78 is 7.89. The Kier molecular flexibility index (Phi) is 7.26. The summed E-state index contributed by atoms with van der Waals surface area (Å²) in [7, 11) is 1.17. The number of hydrogen-bond acceptors (Lipinski definition) is 4. The summed E-state index contributed by atoms with van der Waals surface area (Å²) in [6.45, 7) is 5.77. The van der Waals surface area contributed by atoms with Crippen LogP contribution in [-0.2, 0) is 4.74 Å². The van der Waals surface area contributed by atoms with Gasteiger partial charge in [0.2, 0.25) is 0 Å². The summed E-state index contributed by atoms with van der Waals surface area (Å²) in [6, 6.07) is 7.19. The van der Waals surface area contributed by atoms with Crippen LogP contribution in [0.25, 0.3) is 0 Å². The van der Waals surface area contributed by atoms with Crippen LogP contribution in [0.1, 0.15) is 13.8 Å². The molecule has 0 fully saturated rings. The van der Waals surface area contributed by atoms with E-state index in [0.717, 1.165) is 18.8 Å². The Balaban J connectivity index is 3.07. The van der Waals surface area contributed by atoms with Crippen LogP contribution in [0.4, 0.5) is 10.5 Å². The number of halogens is 3. The van der Waals surface area contributed by atoms with Gasteiger partial charge in [-0.05, 0) is 26.0 Å². The van der Waals surface area contributed by atoms with Gasteiger partial charge in [0.15, 0.2) is 0 Å². The van der Waals surface area contributed by atoms with Crippen LogP contribution < -0.4 is 9.64 Å². The summed E-state index contributed by atoms with van der Waals surface area (Å²) in [5, 5.41) is 0. The third-order valence-corrected chi connectivity index (χ3v) is 3.26. The van der Waals surface area contributed by atoms with E-state index in [0.29, 0.717) is 5.75 Å². The molecule has 22 heavy (non-hydrogen) atoms. The first-order valence-electron chi connectivity index (χ1n) is 6.58. The van der Waals surface area contributed by atoms with E-state index < -0.39 is 9.89 Å². The van der Waals surface area contributed by atoms with E-state index in [2.05, 4.69) is 14.6 Å². The predicted molar refractivity (Wildman–Crippen MR) is 90.8 cm³/mol. The van der Waals surface area contributed by atoms with Crippen molar-refractivity contribution in [2.75, 3.05) is 25.1 Å². The van der Waals surface area contributed by atoms with Gasteiger partial charge in [0.05, 0.1) is 7.11 Å². The molecule has 1 rings (SSSR count). The lowest BCUT2D eigenvalue weighted by Crippen LogP contribution is -2.27. The first kappa shape index (κ1) is 18.9. The minimum atomic E-state index is -1.99. The highest BCUT2D eigenvalue weighted by Gasteiger charge is 2.32. The normalized spacial score (nSPS) is 12.0. The molecule has 0 saturated carbocycles. The second kappa shape index (κ2) is 8.46. The van der Waals surface area contributed by atoms with Crippen molar-refractivity contribution in [3.8, 4) is 5.75 Å². The Morgan fingerprint density at radius 2 is 1.91 bits per heavy atom. The van der Waals surface area contributed by atoms with Crippen molar-refractivity contribution in [1.29, 1.82) is 0 Å². The van der Waals surface area contributed by atoms with Gasteiger partial charge in [0.1, 0.15) is 5.75 Å². The number of aliphatic imine (C=N–C) groups is 1. The molecule has 0 atom stereocenters. The van der Waals surface area contributed by atoms with Crippen molar-refractivity contribution in [3.05, 3.63) is 24.3 Å². The number of amides is 1. The molecule has 0 aliphatic heterocycles. The van der Waals surface area contributed by atoms with Crippen molar-refractivity contribution in [3.63, 3.8) is 0 Å². The first-order valence-corrected chi connectivity index (χ1v) is 7.71. The standard InChI is InChI=1S/C14H17Cl3N2O3/c1-4-19(5-2)10-7-6-8-11(9-10)22-12(14(15,16)17)18-13(20)21-3/h6-9H,4-5H2,1-3H3. The molecular weight excluding hydrogens is 351 g/mol. The van der Waals surface area contributed by atoms with Gasteiger partial charge in [-0.15, -0.1) is 4.99 Å². The molecule has 0 aliphatic carbocycles. The second-order valence-corrected chi connectivity index (χ2v) is 6.44. The monoisotopic (exact) mass is 366 g/mol. The van der Waals surface area contributed by atoms with Gasteiger partial charge >= 0.3 is 6.09 Å². The number of nitrogens with zero attached hydrogens (tertiary/aromatic N) is 2. The Labute approximate surface area is 144 Å². The molecule has 0 aromatic heterocycles. The van der Waals surface area contributed by atoms with Crippen molar-refractivity contribution >= 4 is 52.5 Å². The van der Waals surface area contributed by atoms with Crippen LogP contribution in [-0.4, -0.2) is 36.0 Å². The molecule has 1 amide bonds. The minimum Gasteiger partial charge on any atom is -0.451 e. The number of carbonyl (C=O) groups is 1. The average molecular weight is 368 g/mol. The molecule has 122 valence electrons. The molecular formula is C14H17Cl3N2O3. The zero-order valence-corrected chi connectivity index (χ0v) is 14.7. The van der Waals surface area contributed by atoms with E-state index in [-0.39, 0.29) is 5.90 Å². The smallest absolute Gasteiger partial charge is 0.436 e. The molecule has 0 heterocycles. The lowest BCUT2D eigenvalue weighted by molar-refractivity contribution is 0.182. The number of methoxy groups -OCH3 is 1. The number of rotatable bonds is 4. The first-order chi connectivity index (χ1) is 10.3. The van der Waals surface area contributed by atoms with Crippen LogP contribution in [0.15, 0.2) is 29.3 Å². The Morgan fingerprint density at radius 1 is 1.27 bits per heavy atom. The molecule has 1 aromatic rings. The SMILES string of the molecule is CCN(CC)c1cccc(OC(=NC(=O)OC)C(Cl)(Cl)Cl)c1. The van der Waals surface area contributed by atoms with Gasteiger partial charge in [-0.2, -0.15) is 0 Å². The van der Waals surface area contributed by atoms with Crippen molar-refractivity contribution in [2.45, 2.75) is 17.6 Å². The number of carbonyl (C=O) groups excluding carboxylic acids is 1. The van der Waals surface area contributed by atoms with Crippen LogP contribution in [0.2, 0.25) is 0 Å². The van der Waals surface area contributed by atoms with E-state index in [4.69, 9.17) is 39.5 Å². The third kappa shape index (κ3) is 5.55. The van der Waals surface area contributed by atoms with Crippen molar-refractivity contribution in [1.82, 2.24) is 0 Å². The fourth-order valence-corrected chi connectivity index (χ4v) is 1.96. The van der Waals surface area contributed by atoms with Gasteiger partial charge in [0.25, 0.3) is 9.69 Å². The molecule has 0 aliphatic rings. The molecule has 0 N–H and O–H groups in total. The fourth-order valence-electron chi connectivity index (χ4n) is 1.72. The molecule has 0 unspecified atom stereocenters. The minimum absolute atomic E-state index is 0.374. The van der Waals surface area contributed by atoms with Gasteiger partial charge in [-0.1, -0.05) is 40.9 Å². The number of benzene rings is 1. The predicted octanol–water partition coefficient (Wildman–Crippen LogP) is 4.45. The summed E-state index contributed by atoms with van der Waals surface area (Å²) in [5.74, 6) is 0.0272. The van der Waals surface area contributed by atoms with Crippen LogP contribution in [0.3, 0.4) is 0 Å². The number of hydrogen-bond donors (Lipinski definition) is 0. The van der Waals surface area contributed by atoms with Crippen LogP contribution >= 0.6 is 34.8 Å². The van der Waals surface area contributed by atoms with Crippen molar-refractivity contribution < 1.29 is 14.3 Å². The zero-order valence-electron chi connectivity index (χ0n) is 12.5. The quantitative estimate of drug-likeness (QED) is 0.448. The van der Waals surface area contributed by atoms with Crippen LogP contribution in [0, 0.1) is 0 Å². The third-order valence-electron chi connectivity index (χ3n) is 2.77. The maximum atomic E-state index is 11.3. The highest BCUT2D eigenvalue weighted by Crippen LogP contribution is 2.31. The highest BCUT2D eigenvalue weighted by atomic mass is 35.6. The maximum Gasteiger partial charge on any atom is 0.436 e. The average Bonchev–Trinajstić information content (AvgIpc) is 2.47. The molecule has 1 aromatic carbocycles. The maximum absolute atomic E-state index is 11.3. The summed E-state index contributed by atoms with van der Waals surface area (Å²) in [6.07, 6.45) is -0.916. The Hall–Kier alpha value is -1.17. The van der Waals surface area contributed by atoms with Gasteiger partial charge in [-0.3, -0.25) is 0 Å². The van der Waals surface area contributed by atoms with Crippen molar-refractivity contribution in [2.24, 2.45) is 4.99 Å². The van der Waals surface area contributed by atoms with E-state index in [1.165, 1.54) is 7.11 Å². The summed E-state index contributed by atoms with van der Waals surface area (Å²) in [5.41, 5.74) is 0.948. The van der Waals surface area contributed by atoms with Gasteiger partial charge in [-0.25, -0.2) is 4.79 Å². The lowest BCUT2D eigenvalue weighted by Gasteiger charge is -2.22. The fraction of sp³-hybridized carbons (Fsp3) is 0.429. The summed E-state index contributed by atoms with van der Waals surface area (Å²) in [4.78, 5) is 16.9. The number of alkyl halides is 3. The molecule has 8 heteroatoms. The van der Waals surface area contributed by atoms with E-state index >= 15 is 0 Å². The lowest BCUT2D eigenvalue weighted by atomic mass is 10.2. The molecule has 0 spiro atoms.